The molecule has 1 atom stereocenters. The maximum Gasteiger partial charge on any atom is 0.296 e. The van der Waals surface area contributed by atoms with Gasteiger partial charge in [-0.3, -0.25) is 14.5 Å². The molecule has 2 heterocycles. The van der Waals surface area contributed by atoms with Gasteiger partial charge in [0.25, 0.3) is 5.91 Å². The Morgan fingerprint density at radius 2 is 1.79 bits per heavy atom. The number of fused-ring (bicyclic) bond motifs is 1. The first-order chi connectivity index (χ1) is 13.9. The van der Waals surface area contributed by atoms with E-state index in [1.165, 1.54) is 47.4 Å². The summed E-state index contributed by atoms with van der Waals surface area (Å²) < 4.78 is 27.6. The number of hydrogen-bond acceptors (Lipinski definition) is 5. The summed E-state index contributed by atoms with van der Waals surface area (Å²) in [5.74, 6) is -2.74. The van der Waals surface area contributed by atoms with Crippen LogP contribution in [0.5, 0.6) is 0 Å². The average Bonchev–Trinajstić information content (AvgIpc) is 3.42. The normalized spacial score (nSPS) is 19.4. The molecule has 1 aromatic heterocycles. The van der Waals surface area contributed by atoms with E-state index in [9.17, 15) is 23.5 Å². The van der Waals surface area contributed by atoms with Crippen LogP contribution in [0.25, 0.3) is 10.2 Å². The van der Waals surface area contributed by atoms with Crippen LogP contribution in [0.2, 0.25) is 0 Å². The Morgan fingerprint density at radius 3 is 2.48 bits per heavy atom. The van der Waals surface area contributed by atoms with Gasteiger partial charge in [-0.15, -0.1) is 0 Å². The van der Waals surface area contributed by atoms with Gasteiger partial charge in [-0.1, -0.05) is 23.5 Å². The number of aliphatic hydroxyl groups is 1. The number of hydrogen-bond donors (Lipinski definition) is 1. The van der Waals surface area contributed by atoms with Crippen molar-refractivity contribution in [3.05, 3.63) is 71.0 Å². The quantitative estimate of drug-likeness (QED) is 0.687. The third-order valence-electron chi connectivity index (χ3n) is 5.15. The summed E-state index contributed by atoms with van der Waals surface area (Å²) in [6, 6.07) is 8.60. The molecule has 1 unspecified atom stereocenters. The molecule has 3 aromatic rings. The lowest BCUT2D eigenvalue weighted by Gasteiger charge is -2.24. The van der Waals surface area contributed by atoms with Gasteiger partial charge >= 0.3 is 0 Å². The number of carbonyl (C=O) groups is 2. The van der Waals surface area contributed by atoms with Crippen molar-refractivity contribution < 1.29 is 23.5 Å². The summed E-state index contributed by atoms with van der Waals surface area (Å²) in [6.45, 7) is 0. The number of nitrogens with zero attached hydrogens (tertiary/aromatic N) is 2. The summed E-state index contributed by atoms with van der Waals surface area (Å²) in [6.07, 6.45) is 1.42. The zero-order chi connectivity index (χ0) is 20.3. The van der Waals surface area contributed by atoms with Crippen molar-refractivity contribution in [2.24, 2.45) is 5.92 Å². The number of carbonyl (C=O) groups excluding carboxylic acids is 2. The number of ketones is 1. The molecule has 0 saturated heterocycles. The molecule has 1 amide bonds. The molecule has 1 saturated carbocycles. The second kappa shape index (κ2) is 6.45. The van der Waals surface area contributed by atoms with Gasteiger partial charge in [0, 0.05) is 5.92 Å². The van der Waals surface area contributed by atoms with E-state index >= 15 is 0 Å². The monoisotopic (exact) mass is 412 g/mol. The molecule has 1 aliphatic carbocycles. The van der Waals surface area contributed by atoms with Crippen LogP contribution in [-0.4, -0.2) is 21.8 Å². The van der Waals surface area contributed by atoms with Gasteiger partial charge in [0.1, 0.15) is 11.6 Å². The smallest absolute Gasteiger partial charge is 0.296 e. The summed E-state index contributed by atoms with van der Waals surface area (Å²) in [4.78, 5) is 31.5. The van der Waals surface area contributed by atoms with E-state index in [4.69, 9.17) is 0 Å². The maximum absolute atomic E-state index is 13.6. The van der Waals surface area contributed by atoms with Gasteiger partial charge in [-0.25, -0.2) is 13.8 Å². The van der Waals surface area contributed by atoms with E-state index in [0.29, 0.717) is 28.6 Å². The number of Topliss-reactive ketones (excluding diaryl/α,β-unsaturated/α-hetero) is 1. The second-order valence-corrected chi connectivity index (χ2v) is 8.15. The van der Waals surface area contributed by atoms with E-state index in [1.54, 1.807) is 0 Å². The van der Waals surface area contributed by atoms with Gasteiger partial charge in [-0.05, 0) is 48.7 Å². The highest BCUT2D eigenvalue weighted by Gasteiger charge is 2.48. The fourth-order valence-electron chi connectivity index (χ4n) is 3.57. The number of aromatic nitrogens is 1. The highest BCUT2D eigenvalue weighted by Crippen LogP contribution is 2.46. The molecule has 1 N–H and O–H groups in total. The first-order valence-electron chi connectivity index (χ1n) is 9.06. The molecule has 2 aromatic carbocycles. The largest absolute Gasteiger partial charge is 0.503 e. The predicted molar refractivity (Wildman–Crippen MR) is 104 cm³/mol. The van der Waals surface area contributed by atoms with Crippen LogP contribution < -0.4 is 4.90 Å². The Labute approximate surface area is 167 Å². The van der Waals surface area contributed by atoms with Crippen molar-refractivity contribution in [3.8, 4) is 0 Å². The zero-order valence-corrected chi connectivity index (χ0v) is 15.7. The van der Waals surface area contributed by atoms with E-state index in [1.807, 2.05) is 0 Å². The number of thiazole rings is 1. The van der Waals surface area contributed by atoms with Gasteiger partial charge < -0.3 is 5.11 Å². The van der Waals surface area contributed by atoms with Crippen molar-refractivity contribution >= 4 is 38.4 Å². The fourth-order valence-corrected chi connectivity index (χ4v) is 4.59. The molecule has 0 spiro atoms. The Bertz CT molecular complexity index is 1200. The van der Waals surface area contributed by atoms with Crippen LogP contribution in [0.4, 0.5) is 13.9 Å². The molecular formula is C21H14F2N2O3S. The molecule has 1 aliphatic heterocycles. The maximum atomic E-state index is 13.6. The lowest BCUT2D eigenvalue weighted by atomic mass is 9.94. The summed E-state index contributed by atoms with van der Waals surface area (Å²) in [5, 5.41) is 10.8. The number of aliphatic hydroxyl groups excluding tert-OH is 1. The Balaban J connectivity index is 1.66. The average molecular weight is 412 g/mol. The molecule has 8 heteroatoms. The van der Waals surface area contributed by atoms with Crippen molar-refractivity contribution in [1.29, 1.82) is 0 Å². The predicted octanol–water partition coefficient (Wildman–Crippen LogP) is 4.45. The van der Waals surface area contributed by atoms with Crippen molar-refractivity contribution in [2.45, 2.75) is 18.9 Å². The van der Waals surface area contributed by atoms with Crippen LogP contribution in [0.3, 0.4) is 0 Å². The first kappa shape index (κ1) is 17.9. The third-order valence-corrected chi connectivity index (χ3v) is 6.17. The van der Waals surface area contributed by atoms with Crippen LogP contribution in [0.15, 0.2) is 53.8 Å². The highest BCUT2D eigenvalue weighted by atomic mass is 32.1. The summed E-state index contributed by atoms with van der Waals surface area (Å²) in [7, 11) is 0. The topological polar surface area (TPSA) is 70.5 Å². The molecule has 146 valence electrons. The minimum Gasteiger partial charge on any atom is -0.503 e. The fraction of sp³-hybridized carbons (Fsp3) is 0.190. The number of rotatable bonds is 4. The Morgan fingerprint density at radius 1 is 1.10 bits per heavy atom. The molecule has 2 aliphatic rings. The number of halogens is 2. The third kappa shape index (κ3) is 2.91. The van der Waals surface area contributed by atoms with Gasteiger partial charge in [0.05, 0.1) is 21.8 Å². The Kier molecular flexibility index (Phi) is 3.99. The van der Waals surface area contributed by atoms with Gasteiger partial charge in [0.15, 0.2) is 16.7 Å². The molecule has 5 nitrogen and oxygen atoms in total. The summed E-state index contributed by atoms with van der Waals surface area (Å²) in [5.41, 5.74) is 0.992. The van der Waals surface area contributed by atoms with Crippen LogP contribution >= 0.6 is 11.3 Å². The minimum absolute atomic E-state index is 0.00884. The molecule has 0 radical (unpaired) electrons. The van der Waals surface area contributed by atoms with Crippen LogP contribution in [-0.2, 0) is 9.59 Å². The lowest BCUT2D eigenvalue weighted by Crippen LogP contribution is -2.31. The van der Waals surface area contributed by atoms with Crippen molar-refractivity contribution in [2.75, 3.05) is 4.90 Å². The highest BCUT2D eigenvalue weighted by molar-refractivity contribution is 7.22. The van der Waals surface area contributed by atoms with Crippen LogP contribution in [0, 0.1) is 17.6 Å². The van der Waals surface area contributed by atoms with Crippen molar-refractivity contribution in [1.82, 2.24) is 4.98 Å². The lowest BCUT2D eigenvalue weighted by molar-refractivity contribution is -0.118. The molecule has 29 heavy (non-hydrogen) atoms. The first-order valence-corrected chi connectivity index (χ1v) is 9.88. The zero-order valence-electron chi connectivity index (χ0n) is 14.9. The number of benzene rings is 2. The van der Waals surface area contributed by atoms with Crippen molar-refractivity contribution in [3.63, 3.8) is 0 Å². The SMILES string of the molecule is O=C(C1=C(O)C(=O)N(c2nc3ccc(F)cc3s2)C1c1ccc(F)cc1)C1CC1. The van der Waals surface area contributed by atoms with Crippen LogP contribution in [0.1, 0.15) is 24.4 Å². The van der Waals surface area contributed by atoms with E-state index in [-0.39, 0.29) is 22.4 Å². The molecule has 1 fully saturated rings. The standard InChI is InChI=1S/C21H14F2N2O3S/c22-12-5-3-10(4-6-12)17-16(18(26)11-1-2-11)19(27)20(28)25(17)21-24-14-8-7-13(23)9-15(14)29-21/h3-9,11,17,27H,1-2H2. The molecule has 5 rings (SSSR count). The summed E-state index contributed by atoms with van der Waals surface area (Å²) >= 11 is 1.08. The van der Waals surface area contributed by atoms with E-state index < -0.39 is 29.3 Å². The number of amides is 1. The molecular weight excluding hydrogens is 398 g/mol. The molecule has 0 bridgehead atoms. The second-order valence-electron chi connectivity index (χ2n) is 7.14. The Hall–Kier alpha value is -3.13. The van der Waals surface area contributed by atoms with E-state index in [2.05, 4.69) is 4.98 Å². The van der Waals surface area contributed by atoms with E-state index in [0.717, 1.165) is 11.3 Å². The van der Waals surface area contributed by atoms with Gasteiger partial charge in [-0.2, -0.15) is 0 Å². The van der Waals surface area contributed by atoms with Gasteiger partial charge in [0.2, 0.25) is 0 Å². The number of anilines is 1. The minimum atomic E-state index is -0.915.